The van der Waals surface area contributed by atoms with Crippen molar-refractivity contribution in [3.05, 3.63) is 0 Å². The fraction of sp³-hybridized carbons (Fsp3) is 0.909. The van der Waals surface area contributed by atoms with Crippen molar-refractivity contribution in [1.29, 1.82) is 0 Å². The molecule has 0 bridgehead atoms. The number of rotatable bonds is 4. The van der Waals surface area contributed by atoms with E-state index in [-0.39, 0.29) is 34.6 Å². The third kappa shape index (κ3) is 4.18. The Kier molecular flexibility index (Phi) is 6.19. The lowest BCUT2D eigenvalue weighted by Crippen LogP contribution is -2.66. The second-order valence-corrected chi connectivity index (χ2v) is 9.88. The Morgan fingerprint density at radius 3 is 2.48 bits per heavy atom. The van der Waals surface area contributed by atoms with Gasteiger partial charge in [0.15, 0.2) is 0 Å². The van der Waals surface area contributed by atoms with E-state index in [0.29, 0.717) is 12.6 Å². The molecule has 0 radical (unpaired) electrons. The minimum Gasteiger partial charge on any atom is -0.378 e. The van der Waals surface area contributed by atoms with Crippen LogP contribution in [0, 0.1) is 16.7 Å². The van der Waals surface area contributed by atoms with Gasteiger partial charge in [-0.05, 0) is 39.0 Å². The van der Waals surface area contributed by atoms with Crippen LogP contribution in [0.5, 0.6) is 0 Å². The summed E-state index contributed by atoms with van der Waals surface area (Å²) in [5.74, 6) is 0.229. The van der Waals surface area contributed by atoms with Gasteiger partial charge in [-0.3, -0.25) is 9.59 Å². The van der Waals surface area contributed by atoms with Crippen LogP contribution in [0.25, 0.3) is 0 Å². The normalized spacial score (nSPS) is 30.7. The van der Waals surface area contributed by atoms with Crippen molar-refractivity contribution in [2.24, 2.45) is 16.7 Å². The van der Waals surface area contributed by atoms with Crippen molar-refractivity contribution >= 4 is 11.8 Å². The van der Waals surface area contributed by atoms with Gasteiger partial charge < -0.3 is 15.0 Å². The zero-order valence-corrected chi connectivity index (χ0v) is 17.7. The summed E-state index contributed by atoms with van der Waals surface area (Å²) in [6, 6.07) is 0.246. The maximum atomic E-state index is 13.0. The summed E-state index contributed by atoms with van der Waals surface area (Å²) in [7, 11) is 0. The van der Waals surface area contributed by atoms with Crippen LogP contribution in [-0.2, 0) is 14.3 Å². The number of ether oxygens (including phenoxy) is 1. The number of carbonyl (C=O) groups is 2. The van der Waals surface area contributed by atoms with Crippen LogP contribution in [0.15, 0.2) is 0 Å². The zero-order chi connectivity index (χ0) is 19.7. The Labute approximate surface area is 164 Å². The Morgan fingerprint density at radius 2 is 1.85 bits per heavy atom. The van der Waals surface area contributed by atoms with Crippen molar-refractivity contribution in [3.8, 4) is 0 Å². The van der Waals surface area contributed by atoms with Gasteiger partial charge in [0, 0.05) is 36.6 Å². The van der Waals surface area contributed by atoms with E-state index in [1.807, 2.05) is 25.7 Å². The van der Waals surface area contributed by atoms with E-state index < -0.39 is 0 Å². The molecule has 3 unspecified atom stereocenters. The first-order chi connectivity index (χ1) is 12.8. The lowest BCUT2D eigenvalue weighted by molar-refractivity contribution is -0.159. The first-order valence-electron chi connectivity index (χ1n) is 11.0. The minimum absolute atomic E-state index is 0.0724. The molecule has 1 N–H and O–H groups in total. The first-order valence-corrected chi connectivity index (χ1v) is 11.0. The molecule has 3 fully saturated rings. The Morgan fingerprint density at radius 1 is 1.15 bits per heavy atom. The average Bonchev–Trinajstić information content (AvgIpc) is 2.66. The summed E-state index contributed by atoms with van der Waals surface area (Å²) in [6.45, 7) is 10.0. The van der Waals surface area contributed by atoms with Crippen LogP contribution in [0.4, 0.5) is 0 Å². The minimum atomic E-state index is -0.386. The van der Waals surface area contributed by atoms with Gasteiger partial charge >= 0.3 is 0 Å². The maximum Gasteiger partial charge on any atom is 0.227 e. The molecule has 2 amide bonds. The predicted octanol–water partition coefficient (Wildman–Crippen LogP) is 3.52. The number of piperidine rings is 1. The molecule has 154 valence electrons. The third-order valence-electron chi connectivity index (χ3n) is 6.97. The van der Waals surface area contributed by atoms with Gasteiger partial charge in [-0.15, -0.1) is 0 Å². The van der Waals surface area contributed by atoms with E-state index >= 15 is 0 Å². The predicted molar refractivity (Wildman–Crippen MR) is 106 cm³/mol. The number of nitrogens with zero attached hydrogens (tertiary/aromatic N) is 1. The molecule has 2 aliphatic carbocycles. The fourth-order valence-electron chi connectivity index (χ4n) is 5.41. The van der Waals surface area contributed by atoms with Crippen molar-refractivity contribution in [2.75, 3.05) is 19.7 Å². The van der Waals surface area contributed by atoms with Gasteiger partial charge in [-0.2, -0.15) is 0 Å². The number of hydrogen-bond acceptors (Lipinski definition) is 3. The van der Waals surface area contributed by atoms with Crippen LogP contribution in [0.2, 0.25) is 0 Å². The molecule has 27 heavy (non-hydrogen) atoms. The molecule has 2 saturated carbocycles. The van der Waals surface area contributed by atoms with Crippen LogP contribution < -0.4 is 5.32 Å². The fourth-order valence-corrected chi connectivity index (χ4v) is 5.41. The van der Waals surface area contributed by atoms with E-state index in [0.717, 1.165) is 32.4 Å². The Hall–Kier alpha value is -1.10. The van der Waals surface area contributed by atoms with Crippen molar-refractivity contribution in [3.63, 3.8) is 0 Å². The highest BCUT2D eigenvalue weighted by Crippen LogP contribution is 2.53. The summed E-state index contributed by atoms with van der Waals surface area (Å²) in [5.41, 5.74) is -0.233. The smallest absolute Gasteiger partial charge is 0.227 e. The van der Waals surface area contributed by atoms with Crippen LogP contribution >= 0.6 is 0 Å². The molecule has 1 saturated heterocycles. The Bertz CT molecular complexity index is 548. The molecular weight excluding hydrogens is 340 g/mol. The largest absolute Gasteiger partial charge is 0.378 e. The highest BCUT2D eigenvalue weighted by atomic mass is 16.5. The van der Waals surface area contributed by atoms with Crippen LogP contribution in [0.3, 0.4) is 0 Å². The molecule has 5 heteroatoms. The number of carbonyl (C=O) groups excluding carboxylic acids is 2. The summed E-state index contributed by atoms with van der Waals surface area (Å²) < 4.78 is 6.01. The SMILES string of the molecule is CCOC1CC(NC(=O)C2CCCN(C(=O)C(C)(C)C)C2)C12CCCCC2. The van der Waals surface area contributed by atoms with E-state index in [9.17, 15) is 9.59 Å². The molecule has 0 aromatic carbocycles. The molecule has 5 nitrogen and oxygen atoms in total. The number of likely N-dealkylation sites (tertiary alicyclic amines) is 1. The third-order valence-corrected chi connectivity index (χ3v) is 6.97. The average molecular weight is 379 g/mol. The standard InChI is InChI=1S/C22H38N2O3/c1-5-27-18-14-17(22(18)11-7-6-8-12-22)23-19(25)16-10-9-13-24(15-16)20(26)21(2,3)4/h16-18H,5-15H2,1-4H3,(H,23,25). The number of nitrogens with one attached hydrogen (secondary N) is 1. The molecule has 1 spiro atoms. The van der Waals surface area contributed by atoms with Crippen molar-refractivity contribution < 1.29 is 14.3 Å². The van der Waals surface area contributed by atoms with Gasteiger partial charge in [-0.25, -0.2) is 0 Å². The second-order valence-electron chi connectivity index (χ2n) is 9.88. The summed E-state index contributed by atoms with van der Waals surface area (Å²) >= 11 is 0. The zero-order valence-electron chi connectivity index (χ0n) is 17.7. The van der Waals surface area contributed by atoms with E-state index in [2.05, 4.69) is 12.2 Å². The molecule has 3 rings (SSSR count). The monoisotopic (exact) mass is 378 g/mol. The topological polar surface area (TPSA) is 58.6 Å². The van der Waals surface area contributed by atoms with E-state index in [1.165, 1.54) is 32.1 Å². The number of amides is 2. The van der Waals surface area contributed by atoms with E-state index in [4.69, 9.17) is 4.74 Å². The van der Waals surface area contributed by atoms with Crippen molar-refractivity contribution in [1.82, 2.24) is 10.2 Å². The number of hydrogen-bond donors (Lipinski definition) is 1. The molecule has 0 aromatic heterocycles. The molecule has 1 heterocycles. The molecular formula is C22H38N2O3. The summed E-state index contributed by atoms with van der Waals surface area (Å²) in [6.07, 6.45) is 9.17. The lowest BCUT2D eigenvalue weighted by Gasteiger charge is -2.58. The van der Waals surface area contributed by atoms with Gasteiger partial charge in [0.05, 0.1) is 12.0 Å². The van der Waals surface area contributed by atoms with Gasteiger partial charge in [0.25, 0.3) is 0 Å². The lowest BCUT2D eigenvalue weighted by atomic mass is 9.55. The van der Waals surface area contributed by atoms with E-state index in [1.54, 1.807) is 0 Å². The first kappa shape index (κ1) is 20.6. The highest BCUT2D eigenvalue weighted by molar-refractivity contribution is 5.84. The van der Waals surface area contributed by atoms with Gasteiger partial charge in [-0.1, -0.05) is 40.0 Å². The second kappa shape index (κ2) is 8.10. The summed E-state index contributed by atoms with van der Waals surface area (Å²) in [5, 5.41) is 3.38. The van der Waals surface area contributed by atoms with Crippen LogP contribution in [0.1, 0.15) is 79.1 Å². The van der Waals surface area contributed by atoms with Gasteiger partial charge in [0.1, 0.15) is 0 Å². The van der Waals surface area contributed by atoms with Crippen molar-refractivity contribution in [2.45, 2.75) is 91.2 Å². The molecule has 0 aromatic rings. The Balaban J connectivity index is 1.60. The molecule has 3 atom stereocenters. The molecule has 1 aliphatic heterocycles. The van der Waals surface area contributed by atoms with Crippen LogP contribution in [-0.4, -0.2) is 48.6 Å². The summed E-state index contributed by atoms with van der Waals surface area (Å²) in [4.78, 5) is 27.5. The van der Waals surface area contributed by atoms with Gasteiger partial charge in [0.2, 0.25) is 11.8 Å². The highest BCUT2D eigenvalue weighted by Gasteiger charge is 2.56. The quantitative estimate of drug-likeness (QED) is 0.814. The maximum absolute atomic E-state index is 13.0. The molecule has 3 aliphatic rings.